The number of morpholine rings is 1. The summed E-state index contributed by atoms with van der Waals surface area (Å²) in [5.74, 6) is -0.311. The topological polar surface area (TPSA) is 106 Å². The molecule has 1 aliphatic rings. The summed E-state index contributed by atoms with van der Waals surface area (Å²) in [6.45, 7) is 3.61. The Bertz CT molecular complexity index is 800. The fourth-order valence-electron chi connectivity index (χ4n) is 2.95. The smallest absolute Gasteiger partial charge is 0.336 e. The highest BCUT2D eigenvalue weighted by atomic mass is 16.5. The number of aromatic carboxylic acids is 1. The van der Waals surface area contributed by atoms with Gasteiger partial charge in [-0.05, 0) is 25.1 Å². The molecular formula is C18H20N2O5. The molecule has 1 fully saturated rings. The number of carboxylic acid groups (broad SMARTS) is 1. The van der Waals surface area contributed by atoms with Gasteiger partial charge in [-0.3, -0.25) is 9.69 Å². The van der Waals surface area contributed by atoms with Gasteiger partial charge in [-0.1, -0.05) is 18.2 Å². The quantitative estimate of drug-likeness (QED) is 0.855. The SMILES string of the molecule is C[C@]1(C(N)=O)CN(Cc2ccc(-c3ccccc3C(=O)O)o2)CCO1. The second-order valence-corrected chi connectivity index (χ2v) is 6.27. The Morgan fingerprint density at radius 1 is 1.28 bits per heavy atom. The van der Waals surface area contributed by atoms with Crippen molar-refractivity contribution in [2.75, 3.05) is 19.7 Å². The minimum absolute atomic E-state index is 0.191. The summed E-state index contributed by atoms with van der Waals surface area (Å²) in [6, 6.07) is 10.3. The lowest BCUT2D eigenvalue weighted by atomic mass is 10.0. The molecule has 1 aromatic carbocycles. The molecule has 0 spiro atoms. The maximum atomic E-state index is 11.6. The summed E-state index contributed by atoms with van der Waals surface area (Å²) in [6.07, 6.45) is 0. The molecule has 0 saturated carbocycles. The van der Waals surface area contributed by atoms with Gasteiger partial charge < -0.3 is 20.0 Å². The van der Waals surface area contributed by atoms with Crippen molar-refractivity contribution in [1.29, 1.82) is 0 Å². The molecule has 7 nitrogen and oxygen atoms in total. The Morgan fingerprint density at radius 3 is 2.76 bits per heavy atom. The number of carbonyl (C=O) groups is 2. The molecule has 2 heterocycles. The van der Waals surface area contributed by atoms with Gasteiger partial charge in [0.15, 0.2) is 5.60 Å². The summed E-state index contributed by atoms with van der Waals surface area (Å²) in [5, 5.41) is 9.30. The van der Waals surface area contributed by atoms with Crippen molar-refractivity contribution in [1.82, 2.24) is 4.90 Å². The van der Waals surface area contributed by atoms with Crippen LogP contribution in [0, 0.1) is 0 Å². The average Bonchev–Trinajstić information content (AvgIpc) is 3.03. The third kappa shape index (κ3) is 3.57. The van der Waals surface area contributed by atoms with Gasteiger partial charge in [-0.25, -0.2) is 4.79 Å². The monoisotopic (exact) mass is 344 g/mol. The molecule has 1 atom stereocenters. The Kier molecular flexibility index (Phi) is 4.61. The molecule has 0 radical (unpaired) electrons. The number of rotatable bonds is 5. The number of primary amides is 1. The third-order valence-corrected chi connectivity index (χ3v) is 4.34. The predicted octanol–water partition coefficient (Wildman–Crippen LogP) is 1.72. The lowest BCUT2D eigenvalue weighted by molar-refractivity contribution is -0.153. The number of hydrogen-bond acceptors (Lipinski definition) is 5. The van der Waals surface area contributed by atoms with Gasteiger partial charge in [-0.15, -0.1) is 0 Å². The highest BCUT2D eigenvalue weighted by molar-refractivity contribution is 5.95. The standard InChI is InChI=1S/C18H20N2O5/c1-18(17(19)23)11-20(8-9-24-18)10-12-6-7-15(25-12)13-4-2-3-5-14(13)16(21)22/h2-7H,8-11H2,1H3,(H2,19,23)(H,21,22)/t18-/m1/s1. The Morgan fingerprint density at radius 2 is 2.04 bits per heavy atom. The van der Waals surface area contributed by atoms with Gasteiger partial charge in [0, 0.05) is 18.7 Å². The summed E-state index contributed by atoms with van der Waals surface area (Å²) < 4.78 is 11.3. The molecule has 0 aliphatic carbocycles. The minimum atomic E-state index is -1.01. The Hall–Kier alpha value is -2.64. The van der Waals surface area contributed by atoms with Crippen molar-refractivity contribution in [3.05, 3.63) is 47.7 Å². The molecule has 3 rings (SSSR count). The van der Waals surface area contributed by atoms with Crippen molar-refractivity contribution in [3.8, 4) is 11.3 Å². The van der Waals surface area contributed by atoms with E-state index in [1.54, 1.807) is 37.3 Å². The van der Waals surface area contributed by atoms with Gasteiger partial charge in [0.1, 0.15) is 11.5 Å². The maximum absolute atomic E-state index is 11.6. The summed E-state index contributed by atoms with van der Waals surface area (Å²) >= 11 is 0. The average molecular weight is 344 g/mol. The van der Waals surface area contributed by atoms with E-state index < -0.39 is 17.5 Å². The van der Waals surface area contributed by atoms with Crippen LogP contribution < -0.4 is 5.73 Å². The minimum Gasteiger partial charge on any atom is -0.478 e. The predicted molar refractivity (Wildman–Crippen MR) is 89.9 cm³/mol. The van der Waals surface area contributed by atoms with Crippen molar-refractivity contribution in [2.24, 2.45) is 5.73 Å². The van der Waals surface area contributed by atoms with Gasteiger partial charge in [0.05, 0.1) is 18.7 Å². The van der Waals surface area contributed by atoms with Crippen LogP contribution >= 0.6 is 0 Å². The van der Waals surface area contributed by atoms with E-state index in [1.165, 1.54) is 0 Å². The normalized spacial score (nSPS) is 21.2. The summed E-state index contributed by atoms with van der Waals surface area (Å²) in [4.78, 5) is 24.9. The van der Waals surface area contributed by atoms with Crippen LogP contribution in [0.15, 0.2) is 40.8 Å². The van der Waals surface area contributed by atoms with Gasteiger partial charge >= 0.3 is 5.97 Å². The van der Waals surface area contributed by atoms with Crippen LogP contribution in [0.4, 0.5) is 0 Å². The molecule has 25 heavy (non-hydrogen) atoms. The van der Waals surface area contributed by atoms with Crippen LogP contribution in [0.5, 0.6) is 0 Å². The zero-order valence-electron chi connectivity index (χ0n) is 13.9. The molecule has 0 bridgehead atoms. The van der Waals surface area contributed by atoms with Crippen LogP contribution in [0.25, 0.3) is 11.3 Å². The highest BCUT2D eigenvalue weighted by Gasteiger charge is 2.37. The number of carboxylic acids is 1. The van der Waals surface area contributed by atoms with Gasteiger partial charge in [0.25, 0.3) is 5.91 Å². The van der Waals surface area contributed by atoms with Gasteiger partial charge in [0.2, 0.25) is 0 Å². The van der Waals surface area contributed by atoms with E-state index >= 15 is 0 Å². The van der Waals surface area contributed by atoms with E-state index in [0.717, 1.165) is 0 Å². The number of ether oxygens (including phenoxy) is 1. The number of hydrogen-bond donors (Lipinski definition) is 2. The first-order valence-corrected chi connectivity index (χ1v) is 7.97. The van der Waals surface area contributed by atoms with Gasteiger partial charge in [-0.2, -0.15) is 0 Å². The summed E-state index contributed by atoms with van der Waals surface area (Å²) in [7, 11) is 0. The second-order valence-electron chi connectivity index (χ2n) is 6.27. The first kappa shape index (κ1) is 17.2. The zero-order chi connectivity index (χ0) is 18.0. The number of amides is 1. The second kappa shape index (κ2) is 6.70. The Balaban J connectivity index is 1.77. The van der Waals surface area contributed by atoms with E-state index in [9.17, 15) is 14.7 Å². The maximum Gasteiger partial charge on any atom is 0.336 e. The molecule has 0 unspecified atom stereocenters. The van der Waals surface area contributed by atoms with Crippen molar-refractivity contribution < 1.29 is 23.8 Å². The number of benzene rings is 1. The molecule has 1 aliphatic heterocycles. The number of nitrogens with two attached hydrogens (primary N) is 1. The van der Waals surface area contributed by atoms with Crippen LogP contribution in [-0.2, 0) is 16.1 Å². The van der Waals surface area contributed by atoms with E-state index in [0.29, 0.717) is 43.3 Å². The molecule has 1 saturated heterocycles. The van der Waals surface area contributed by atoms with E-state index in [2.05, 4.69) is 0 Å². The first-order chi connectivity index (χ1) is 11.9. The highest BCUT2D eigenvalue weighted by Crippen LogP contribution is 2.27. The largest absolute Gasteiger partial charge is 0.478 e. The van der Waals surface area contributed by atoms with Crippen LogP contribution in [0.2, 0.25) is 0 Å². The lowest BCUT2D eigenvalue weighted by Crippen LogP contribution is -2.56. The van der Waals surface area contributed by atoms with E-state index in [1.807, 2.05) is 11.0 Å². The fraction of sp³-hybridized carbons (Fsp3) is 0.333. The van der Waals surface area contributed by atoms with Crippen LogP contribution in [0.3, 0.4) is 0 Å². The van der Waals surface area contributed by atoms with Crippen LogP contribution in [0.1, 0.15) is 23.0 Å². The van der Waals surface area contributed by atoms with Crippen molar-refractivity contribution >= 4 is 11.9 Å². The molecule has 2 aromatic rings. The number of furan rings is 1. The van der Waals surface area contributed by atoms with E-state index in [-0.39, 0.29) is 5.56 Å². The zero-order valence-corrected chi connectivity index (χ0v) is 13.9. The third-order valence-electron chi connectivity index (χ3n) is 4.34. The molecule has 132 valence electrons. The molecule has 1 amide bonds. The molecule has 3 N–H and O–H groups in total. The number of nitrogens with zero attached hydrogens (tertiary/aromatic N) is 1. The molecule has 7 heteroatoms. The Labute approximate surface area is 145 Å². The summed E-state index contributed by atoms with van der Waals surface area (Å²) in [5.41, 5.74) is 5.13. The molecule has 1 aromatic heterocycles. The fourth-order valence-corrected chi connectivity index (χ4v) is 2.95. The van der Waals surface area contributed by atoms with Crippen LogP contribution in [-0.4, -0.2) is 47.2 Å². The first-order valence-electron chi connectivity index (χ1n) is 7.97. The van der Waals surface area contributed by atoms with Crippen molar-refractivity contribution in [2.45, 2.75) is 19.1 Å². The lowest BCUT2D eigenvalue weighted by Gasteiger charge is -2.37. The number of carbonyl (C=O) groups excluding carboxylic acids is 1. The van der Waals surface area contributed by atoms with E-state index in [4.69, 9.17) is 14.9 Å². The molecular weight excluding hydrogens is 324 g/mol. The van der Waals surface area contributed by atoms with Crippen molar-refractivity contribution in [3.63, 3.8) is 0 Å².